The molecule has 6 atom stereocenters. The van der Waals surface area contributed by atoms with E-state index in [0.29, 0.717) is 11.8 Å². The quantitative estimate of drug-likeness (QED) is 0.807. The molecule has 0 saturated heterocycles. The molecule has 0 heterocycles. The molecule has 3 aliphatic carbocycles. The summed E-state index contributed by atoms with van der Waals surface area (Å²) < 4.78 is 0. The molecule has 2 unspecified atom stereocenters. The van der Waals surface area contributed by atoms with Crippen LogP contribution in [0.2, 0.25) is 0 Å². The first-order valence-corrected chi connectivity index (χ1v) is 8.98. The van der Waals surface area contributed by atoms with Gasteiger partial charge in [0.2, 0.25) is 0 Å². The van der Waals surface area contributed by atoms with Gasteiger partial charge < -0.3 is 10.2 Å². The molecule has 0 aromatic rings. The van der Waals surface area contributed by atoms with Crippen LogP contribution < -0.4 is 0 Å². The lowest BCUT2D eigenvalue weighted by atomic mass is 9.43. The van der Waals surface area contributed by atoms with E-state index in [4.69, 9.17) is 0 Å². The predicted octanol–water partition coefficient (Wildman–Crippen LogP) is 4.08. The van der Waals surface area contributed by atoms with E-state index in [2.05, 4.69) is 27.4 Å². The van der Waals surface area contributed by atoms with Crippen LogP contribution in [0.1, 0.15) is 59.3 Å². The minimum Gasteiger partial charge on any atom is -0.396 e. The highest BCUT2D eigenvalue weighted by Crippen LogP contribution is 2.64. The van der Waals surface area contributed by atoms with Crippen molar-refractivity contribution in [3.8, 4) is 0 Å². The topological polar surface area (TPSA) is 40.5 Å². The van der Waals surface area contributed by atoms with Crippen molar-refractivity contribution >= 4 is 0 Å². The van der Waals surface area contributed by atoms with Gasteiger partial charge >= 0.3 is 0 Å². The van der Waals surface area contributed by atoms with Gasteiger partial charge in [-0.1, -0.05) is 38.5 Å². The van der Waals surface area contributed by atoms with Gasteiger partial charge in [0.1, 0.15) is 0 Å². The van der Waals surface area contributed by atoms with Crippen molar-refractivity contribution in [2.24, 2.45) is 28.6 Å². The number of hydrogen-bond acceptors (Lipinski definition) is 2. The first-order valence-electron chi connectivity index (χ1n) is 8.98. The van der Waals surface area contributed by atoms with Gasteiger partial charge in [0.05, 0.1) is 6.10 Å². The third-order valence-electron chi connectivity index (χ3n) is 7.53. The largest absolute Gasteiger partial charge is 0.396 e. The average Bonchev–Trinajstić information content (AvgIpc) is 2.48. The molecular formula is C20H32O2. The molecule has 2 fully saturated rings. The third kappa shape index (κ3) is 2.14. The van der Waals surface area contributed by atoms with Crippen LogP contribution in [0.3, 0.4) is 0 Å². The summed E-state index contributed by atoms with van der Waals surface area (Å²) in [6.45, 7) is 11.0. The summed E-state index contributed by atoms with van der Waals surface area (Å²) >= 11 is 0. The Bertz CT molecular complexity index is 494. The van der Waals surface area contributed by atoms with Crippen molar-refractivity contribution in [3.63, 3.8) is 0 Å². The second-order valence-corrected chi connectivity index (χ2v) is 8.62. The fraction of sp³-hybridized carbons (Fsp3) is 0.800. The van der Waals surface area contributed by atoms with Crippen LogP contribution in [-0.2, 0) is 0 Å². The smallest absolute Gasteiger partial charge is 0.0585 e. The number of fused-ring (bicyclic) bond motifs is 3. The summed E-state index contributed by atoms with van der Waals surface area (Å²) in [4.78, 5) is 0. The van der Waals surface area contributed by atoms with Crippen LogP contribution in [0.15, 0.2) is 23.8 Å². The highest BCUT2D eigenvalue weighted by atomic mass is 16.3. The van der Waals surface area contributed by atoms with Gasteiger partial charge in [-0.2, -0.15) is 0 Å². The summed E-state index contributed by atoms with van der Waals surface area (Å²) in [6, 6.07) is 0. The number of rotatable bonds is 2. The molecule has 22 heavy (non-hydrogen) atoms. The summed E-state index contributed by atoms with van der Waals surface area (Å²) in [5.74, 6) is 1.38. The predicted molar refractivity (Wildman–Crippen MR) is 90.4 cm³/mol. The van der Waals surface area contributed by atoms with Crippen molar-refractivity contribution < 1.29 is 10.2 Å². The minimum absolute atomic E-state index is 0.117. The summed E-state index contributed by atoms with van der Waals surface area (Å²) in [5.41, 5.74) is 2.90. The molecule has 0 radical (unpaired) electrons. The molecule has 124 valence electrons. The number of aliphatic hydroxyl groups excluding tert-OH is 2. The molecule has 2 N–H and O–H groups in total. The van der Waals surface area contributed by atoms with E-state index in [0.717, 1.165) is 19.3 Å². The Morgan fingerprint density at radius 2 is 2.05 bits per heavy atom. The van der Waals surface area contributed by atoms with Crippen LogP contribution in [0.4, 0.5) is 0 Å². The molecule has 3 aliphatic rings. The molecule has 2 nitrogen and oxygen atoms in total. The van der Waals surface area contributed by atoms with Gasteiger partial charge in [-0.05, 0) is 73.2 Å². The molecule has 0 amide bonds. The highest BCUT2D eigenvalue weighted by Gasteiger charge is 2.59. The van der Waals surface area contributed by atoms with Gasteiger partial charge in [0.25, 0.3) is 0 Å². The lowest BCUT2D eigenvalue weighted by Gasteiger charge is -2.62. The van der Waals surface area contributed by atoms with Crippen LogP contribution in [0, 0.1) is 28.6 Å². The molecule has 2 heteroatoms. The summed E-state index contributed by atoms with van der Waals surface area (Å²) in [6.07, 6.45) is 8.36. The first-order chi connectivity index (χ1) is 10.4. The Morgan fingerprint density at radius 1 is 1.32 bits per heavy atom. The van der Waals surface area contributed by atoms with Crippen molar-refractivity contribution in [2.45, 2.75) is 65.4 Å². The average molecular weight is 304 g/mol. The number of aliphatic hydroxyl groups is 2. The summed E-state index contributed by atoms with van der Waals surface area (Å²) in [5, 5.41) is 21.0. The van der Waals surface area contributed by atoms with Gasteiger partial charge in [-0.25, -0.2) is 0 Å². The van der Waals surface area contributed by atoms with Crippen molar-refractivity contribution in [3.05, 3.63) is 23.8 Å². The van der Waals surface area contributed by atoms with E-state index < -0.39 is 0 Å². The molecule has 0 bridgehead atoms. The number of hydrogen-bond donors (Lipinski definition) is 2. The van der Waals surface area contributed by atoms with Gasteiger partial charge in [-0.3, -0.25) is 0 Å². The molecule has 0 spiro atoms. The van der Waals surface area contributed by atoms with E-state index in [9.17, 15) is 10.2 Å². The van der Waals surface area contributed by atoms with Crippen LogP contribution in [0.5, 0.6) is 0 Å². The van der Waals surface area contributed by atoms with E-state index in [1.54, 1.807) is 0 Å². The van der Waals surface area contributed by atoms with E-state index in [1.165, 1.54) is 30.4 Å². The van der Waals surface area contributed by atoms with E-state index >= 15 is 0 Å². The SMILES string of the molecule is C=CC1=C(C)[C@@H]2CC(O)C3[C@](C)(CO)CCC[C@]3(C)[C@H]2CC1. The van der Waals surface area contributed by atoms with Crippen LogP contribution in [-0.4, -0.2) is 22.9 Å². The molecular weight excluding hydrogens is 272 g/mol. The zero-order valence-corrected chi connectivity index (χ0v) is 14.4. The second kappa shape index (κ2) is 5.49. The zero-order valence-electron chi connectivity index (χ0n) is 14.4. The van der Waals surface area contributed by atoms with E-state index in [1.807, 2.05) is 6.08 Å². The Morgan fingerprint density at radius 3 is 2.68 bits per heavy atom. The maximum absolute atomic E-state index is 11.0. The standard InChI is InChI=1S/C20H32O2/c1-5-14-7-8-16-15(13(14)2)11-17(22)18-19(3,12-21)9-6-10-20(16,18)4/h5,15-18,21-22H,1,6-12H2,2-4H3/t15-,16-,17?,18?,19-,20+/m0/s1. The lowest BCUT2D eigenvalue weighted by Crippen LogP contribution is -2.59. The molecule has 3 rings (SSSR count). The van der Waals surface area contributed by atoms with E-state index in [-0.39, 0.29) is 29.5 Å². The fourth-order valence-electron chi connectivity index (χ4n) is 6.52. The van der Waals surface area contributed by atoms with Crippen molar-refractivity contribution in [1.29, 1.82) is 0 Å². The Hall–Kier alpha value is -0.600. The van der Waals surface area contributed by atoms with Gasteiger partial charge in [0.15, 0.2) is 0 Å². The maximum atomic E-state index is 11.0. The van der Waals surface area contributed by atoms with Crippen LogP contribution in [0.25, 0.3) is 0 Å². The Kier molecular flexibility index (Phi) is 4.06. The normalized spacial score (nSPS) is 48.6. The fourth-order valence-corrected chi connectivity index (χ4v) is 6.52. The van der Waals surface area contributed by atoms with Crippen molar-refractivity contribution in [1.82, 2.24) is 0 Å². The highest BCUT2D eigenvalue weighted by molar-refractivity contribution is 5.30. The Balaban J connectivity index is 2.02. The van der Waals surface area contributed by atoms with Crippen LogP contribution >= 0.6 is 0 Å². The lowest BCUT2D eigenvalue weighted by molar-refractivity contribution is -0.173. The van der Waals surface area contributed by atoms with Gasteiger partial charge in [-0.15, -0.1) is 0 Å². The van der Waals surface area contributed by atoms with Crippen molar-refractivity contribution in [2.75, 3.05) is 6.61 Å². The molecule has 0 aromatic carbocycles. The molecule has 0 aromatic heterocycles. The molecule has 2 saturated carbocycles. The third-order valence-corrected chi connectivity index (χ3v) is 7.53. The molecule has 0 aliphatic heterocycles. The minimum atomic E-state index is -0.289. The summed E-state index contributed by atoms with van der Waals surface area (Å²) in [7, 11) is 0. The first kappa shape index (κ1) is 16.3. The Labute approximate surface area is 135 Å². The second-order valence-electron chi connectivity index (χ2n) is 8.62. The number of allylic oxidation sites excluding steroid dienone is 3. The van der Waals surface area contributed by atoms with Gasteiger partial charge in [0, 0.05) is 6.61 Å². The monoisotopic (exact) mass is 304 g/mol. The zero-order chi connectivity index (χ0) is 16.1. The maximum Gasteiger partial charge on any atom is 0.0585 e.